The average Bonchev–Trinajstić information content (AvgIpc) is 2.66. The Balaban J connectivity index is 1.51. The fourth-order valence-corrected chi connectivity index (χ4v) is 2.40. The number of urea groups is 2. The van der Waals surface area contributed by atoms with Crippen LogP contribution in [0.4, 0.5) is 32.3 Å². The molecule has 0 saturated carbocycles. The van der Waals surface area contributed by atoms with Gasteiger partial charge in [0.15, 0.2) is 0 Å². The lowest BCUT2D eigenvalue weighted by atomic mass is 10.3. The molecule has 136 valence electrons. The van der Waals surface area contributed by atoms with E-state index in [1.807, 2.05) is 18.2 Å². The Hall–Kier alpha value is -3.51. The van der Waals surface area contributed by atoms with E-state index in [9.17, 15) is 9.59 Å². The van der Waals surface area contributed by atoms with Crippen molar-refractivity contribution in [1.29, 1.82) is 0 Å². The molecular weight excluding hydrogens is 364 g/mol. The molecule has 0 heterocycles. The Kier molecular flexibility index (Phi) is 5.91. The fourth-order valence-electron chi connectivity index (χ4n) is 2.28. The van der Waals surface area contributed by atoms with Gasteiger partial charge in [0.05, 0.1) is 0 Å². The van der Waals surface area contributed by atoms with Crippen LogP contribution in [-0.4, -0.2) is 12.1 Å². The first kappa shape index (κ1) is 18.3. The standard InChI is InChI=1S/C20H17ClN4O2/c21-14-6-8-16(9-7-14)23-20(27)25-18-12-10-17(11-13-18)24-19(26)22-15-4-2-1-3-5-15/h1-13H,(H2,22,24,26)(H2,23,25,27). The summed E-state index contributed by atoms with van der Waals surface area (Å²) in [5, 5.41) is 11.5. The highest BCUT2D eigenvalue weighted by Gasteiger charge is 2.05. The largest absolute Gasteiger partial charge is 0.323 e. The van der Waals surface area contributed by atoms with Crippen LogP contribution in [0, 0.1) is 0 Å². The van der Waals surface area contributed by atoms with Gasteiger partial charge >= 0.3 is 12.1 Å². The lowest BCUT2D eigenvalue weighted by molar-refractivity contribution is 0.261. The van der Waals surface area contributed by atoms with Crippen LogP contribution in [0.1, 0.15) is 0 Å². The maximum atomic E-state index is 12.0. The molecule has 3 rings (SSSR count). The topological polar surface area (TPSA) is 82.3 Å². The second-order valence-electron chi connectivity index (χ2n) is 5.61. The summed E-state index contributed by atoms with van der Waals surface area (Å²) in [5.41, 5.74) is 2.53. The predicted molar refractivity (Wildman–Crippen MR) is 110 cm³/mol. The van der Waals surface area contributed by atoms with Crippen molar-refractivity contribution in [3.05, 3.63) is 83.9 Å². The molecule has 0 unspecified atom stereocenters. The van der Waals surface area contributed by atoms with Crippen LogP contribution >= 0.6 is 11.6 Å². The lowest BCUT2D eigenvalue weighted by Crippen LogP contribution is -2.20. The summed E-state index contributed by atoms with van der Waals surface area (Å²) in [7, 11) is 0. The SMILES string of the molecule is O=C(Nc1ccccc1)Nc1ccc(NC(=O)Nc2ccc(Cl)cc2)cc1. The van der Waals surface area contributed by atoms with E-state index in [1.54, 1.807) is 60.7 Å². The second-order valence-corrected chi connectivity index (χ2v) is 6.04. The minimum atomic E-state index is -0.375. The van der Waals surface area contributed by atoms with Gasteiger partial charge in [-0.05, 0) is 60.7 Å². The van der Waals surface area contributed by atoms with Gasteiger partial charge in [0.2, 0.25) is 0 Å². The first-order valence-corrected chi connectivity index (χ1v) is 8.53. The molecule has 7 heteroatoms. The third-order valence-electron chi connectivity index (χ3n) is 3.53. The molecule has 0 aliphatic carbocycles. The highest BCUT2D eigenvalue weighted by Crippen LogP contribution is 2.16. The van der Waals surface area contributed by atoms with E-state index in [4.69, 9.17) is 11.6 Å². The highest BCUT2D eigenvalue weighted by atomic mass is 35.5. The lowest BCUT2D eigenvalue weighted by Gasteiger charge is -2.10. The van der Waals surface area contributed by atoms with Crippen LogP contribution < -0.4 is 21.3 Å². The van der Waals surface area contributed by atoms with Crippen LogP contribution in [0.3, 0.4) is 0 Å². The van der Waals surface area contributed by atoms with E-state index in [0.29, 0.717) is 27.8 Å². The molecule has 4 N–H and O–H groups in total. The minimum Gasteiger partial charge on any atom is -0.308 e. The number of para-hydroxylation sites is 1. The Morgan fingerprint density at radius 2 is 0.852 bits per heavy atom. The summed E-state index contributed by atoms with van der Waals surface area (Å²) in [6, 6.07) is 22.0. The number of benzene rings is 3. The molecule has 0 saturated heterocycles. The average molecular weight is 381 g/mol. The molecule has 0 aliphatic heterocycles. The van der Waals surface area contributed by atoms with E-state index in [2.05, 4.69) is 21.3 Å². The van der Waals surface area contributed by atoms with Gasteiger partial charge in [-0.2, -0.15) is 0 Å². The summed E-state index contributed by atoms with van der Waals surface area (Å²) >= 11 is 5.81. The van der Waals surface area contributed by atoms with Crippen LogP contribution in [0.25, 0.3) is 0 Å². The van der Waals surface area contributed by atoms with Crippen molar-refractivity contribution in [1.82, 2.24) is 0 Å². The van der Waals surface area contributed by atoms with Crippen molar-refractivity contribution in [3.8, 4) is 0 Å². The Morgan fingerprint density at radius 1 is 0.519 bits per heavy atom. The summed E-state index contributed by atoms with van der Waals surface area (Å²) in [6.07, 6.45) is 0. The third kappa shape index (κ3) is 5.76. The Morgan fingerprint density at radius 3 is 1.26 bits per heavy atom. The molecule has 27 heavy (non-hydrogen) atoms. The number of nitrogens with one attached hydrogen (secondary N) is 4. The molecule has 0 aliphatic rings. The van der Waals surface area contributed by atoms with Gasteiger partial charge in [-0.25, -0.2) is 9.59 Å². The summed E-state index contributed by atoms with van der Waals surface area (Å²) in [5.74, 6) is 0. The summed E-state index contributed by atoms with van der Waals surface area (Å²) in [4.78, 5) is 24.0. The van der Waals surface area contributed by atoms with Crippen molar-refractivity contribution in [2.24, 2.45) is 0 Å². The second kappa shape index (κ2) is 8.73. The number of amides is 4. The molecule has 0 radical (unpaired) electrons. The van der Waals surface area contributed by atoms with Crippen LogP contribution in [0.2, 0.25) is 5.02 Å². The van der Waals surface area contributed by atoms with Gasteiger partial charge in [-0.3, -0.25) is 0 Å². The van der Waals surface area contributed by atoms with Crippen LogP contribution in [0.5, 0.6) is 0 Å². The molecular formula is C20H17ClN4O2. The fraction of sp³-hybridized carbons (Fsp3) is 0. The molecule has 4 amide bonds. The highest BCUT2D eigenvalue weighted by molar-refractivity contribution is 6.30. The monoisotopic (exact) mass is 380 g/mol. The summed E-state index contributed by atoms with van der Waals surface area (Å²) in [6.45, 7) is 0. The number of hydrogen-bond acceptors (Lipinski definition) is 2. The first-order chi connectivity index (χ1) is 13.1. The van der Waals surface area contributed by atoms with Crippen molar-refractivity contribution in [2.75, 3.05) is 21.3 Å². The number of halogens is 1. The number of rotatable bonds is 4. The molecule has 0 fully saturated rings. The zero-order valence-corrected chi connectivity index (χ0v) is 15.0. The van der Waals surface area contributed by atoms with Gasteiger partial charge in [0, 0.05) is 27.8 Å². The molecule has 0 atom stereocenters. The maximum absolute atomic E-state index is 12.0. The molecule has 3 aromatic rings. The third-order valence-corrected chi connectivity index (χ3v) is 3.79. The molecule has 0 spiro atoms. The van der Waals surface area contributed by atoms with E-state index in [1.165, 1.54) is 0 Å². The van der Waals surface area contributed by atoms with Crippen molar-refractivity contribution in [2.45, 2.75) is 0 Å². The van der Waals surface area contributed by atoms with Crippen molar-refractivity contribution >= 4 is 46.4 Å². The van der Waals surface area contributed by atoms with E-state index < -0.39 is 0 Å². The zero-order chi connectivity index (χ0) is 19.1. The number of carbonyl (C=O) groups excluding carboxylic acids is 2. The maximum Gasteiger partial charge on any atom is 0.323 e. The van der Waals surface area contributed by atoms with Crippen molar-refractivity contribution < 1.29 is 9.59 Å². The number of anilines is 4. The molecule has 0 aromatic heterocycles. The van der Waals surface area contributed by atoms with E-state index in [-0.39, 0.29) is 12.1 Å². The van der Waals surface area contributed by atoms with Gasteiger partial charge in [0.1, 0.15) is 0 Å². The van der Waals surface area contributed by atoms with Gasteiger partial charge in [0.25, 0.3) is 0 Å². The van der Waals surface area contributed by atoms with E-state index in [0.717, 1.165) is 0 Å². The number of hydrogen-bond donors (Lipinski definition) is 4. The molecule has 3 aromatic carbocycles. The Bertz CT molecular complexity index is 913. The Labute approximate surface area is 161 Å². The van der Waals surface area contributed by atoms with Crippen LogP contribution in [0.15, 0.2) is 78.9 Å². The number of carbonyl (C=O) groups is 2. The minimum absolute atomic E-state index is 0.345. The normalized spacial score (nSPS) is 9.96. The molecule has 6 nitrogen and oxygen atoms in total. The summed E-state index contributed by atoms with van der Waals surface area (Å²) < 4.78 is 0. The molecule has 0 bridgehead atoms. The quantitative estimate of drug-likeness (QED) is 0.473. The smallest absolute Gasteiger partial charge is 0.308 e. The predicted octanol–water partition coefficient (Wildman–Crippen LogP) is 5.63. The van der Waals surface area contributed by atoms with Gasteiger partial charge < -0.3 is 21.3 Å². The van der Waals surface area contributed by atoms with E-state index >= 15 is 0 Å². The van der Waals surface area contributed by atoms with Crippen LogP contribution in [-0.2, 0) is 0 Å². The van der Waals surface area contributed by atoms with Crippen molar-refractivity contribution in [3.63, 3.8) is 0 Å². The first-order valence-electron chi connectivity index (χ1n) is 8.15. The zero-order valence-electron chi connectivity index (χ0n) is 14.2. The van der Waals surface area contributed by atoms with Gasteiger partial charge in [-0.1, -0.05) is 29.8 Å². The van der Waals surface area contributed by atoms with Gasteiger partial charge in [-0.15, -0.1) is 0 Å².